The molecule has 2 rings (SSSR count). The lowest BCUT2D eigenvalue weighted by Gasteiger charge is -2.10. The van der Waals surface area contributed by atoms with Gasteiger partial charge in [-0.05, 0) is 31.4 Å². The van der Waals surface area contributed by atoms with Crippen LogP contribution in [0.25, 0.3) is 0 Å². The minimum atomic E-state index is -0.664. The molecule has 1 saturated carbocycles. The van der Waals surface area contributed by atoms with Gasteiger partial charge in [0.1, 0.15) is 11.5 Å². The van der Waals surface area contributed by atoms with Crippen molar-refractivity contribution < 1.29 is 13.7 Å². The summed E-state index contributed by atoms with van der Waals surface area (Å²) in [6, 6.07) is 7.58. The highest BCUT2D eigenvalue weighted by Crippen LogP contribution is 2.23. The summed E-state index contributed by atoms with van der Waals surface area (Å²) < 4.78 is 22.8. The van der Waals surface area contributed by atoms with Gasteiger partial charge >= 0.3 is 0 Å². The van der Waals surface area contributed by atoms with E-state index in [9.17, 15) is 4.21 Å². The van der Waals surface area contributed by atoms with Crippen molar-refractivity contribution in [3.05, 3.63) is 24.3 Å². The second-order valence-corrected chi connectivity index (χ2v) is 6.71. The normalized spacial score (nSPS) is 17.3. The summed E-state index contributed by atoms with van der Waals surface area (Å²) in [5.41, 5.74) is 0. The number of ether oxygens (including phenoxy) is 2. The molecule has 0 saturated heterocycles. The van der Waals surface area contributed by atoms with Crippen molar-refractivity contribution in [2.24, 2.45) is 0 Å². The smallest absolute Gasteiger partial charge is 0.122 e. The molecule has 4 heteroatoms. The Balaban J connectivity index is 1.67. The molecule has 1 atom stereocenters. The Bertz CT molecular complexity index is 414. The fourth-order valence-corrected chi connectivity index (χ4v) is 3.99. The Hall–Kier alpha value is -1.03. The van der Waals surface area contributed by atoms with Gasteiger partial charge in [0, 0.05) is 27.9 Å². The largest absolute Gasteiger partial charge is 0.497 e. The minimum absolute atomic E-state index is 0.441. The van der Waals surface area contributed by atoms with Crippen LogP contribution in [0.1, 0.15) is 32.1 Å². The van der Waals surface area contributed by atoms with E-state index in [2.05, 4.69) is 0 Å². The molecule has 3 nitrogen and oxygen atoms in total. The summed E-state index contributed by atoms with van der Waals surface area (Å²) in [5.74, 6) is 2.37. The van der Waals surface area contributed by atoms with Gasteiger partial charge in [-0.1, -0.05) is 18.9 Å². The van der Waals surface area contributed by atoms with Gasteiger partial charge in [0.25, 0.3) is 0 Å². The zero-order valence-electron chi connectivity index (χ0n) is 11.5. The van der Waals surface area contributed by atoms with Crippen LogP contribution in [0.4, 0.5) is 0 Å². The minimum Gasteiger partial charge on any atom is -0.497 e. The zero-order chi connectivity index (χ0) is 13.5. The average molecular weight is 282 g/mol. The highest BCUT2D eigenvalue weighted by Gasteiger charge is 2.20. The maximum Gasteiger partial charge on any atom is 0.122 e. The standard InChI is InChI=1S/C15H22O3S/c1-17-13-6-4-7-14(12-13)18-10-5-11-19(16)15-8-2-3-9-15/h4,6-7,12,15H,2-3,5,8-11H2,1H3. The lowest BCUT2D eigenvalue weighted by atomic mass is 10.3. The van der Waals surface area contributed by atoms with Crippen LogP contribution in [0, 0.1) is 0 Å². The number of hydrogen-bond donors (Lipinski definition) is 0. The van der Waals surface area contributed by atoms with Gasteiger partial charge < -0.3 is 9.47 Å². The Kier molecular flexibility index (Phi) is 5.70. The van der Waals surface area contributed by atoms with E-state index in [4.69, 9.17) is 9.47 Å². The van der Waals surface area contributed by atoms with Crippen LogP contribution >= 0.6 is 0 Å². The van der Waals surface area contributed by atoms with Crippen molar-refractivity contribution in [2.45, 2.75) is 37.4 Å². The van der Waals surface area contributed by atoms with E-state index in [0.717, 1.165) is 36.5 Å². The fourth-order valence-electron chi connectivity index (χ4n) is 2.40. The topological polar surface area (TPSA) is 35.5 Å². The lowest BCUT2D eigenvalue weighted by Crippen LogP contribution is -2.15. The third-order valence-corrected chi connectivity index (χ3v) is 5.38. The molecule has 1 fully saturated rings. The maximum absolute atomic E-state index is 12.0. The molecule has 0 radical (unpaired) electrons. The van der Waals surface area contributed by atoms with Crippen LogP contribution in [0.5, 0.6) is 11.5 Å². The second-order valence-electron chi connectivity index (χ2n) is 4.87. The molecule has 1 aliphatic carbocycles. The summed E-state index contributed by atoms with van der Waals surface area (Å²) in [6.45, 7) is 0.617. The molecule has 1 aromatic carbocycles. The van der Waals surface area contributed by atoms with Crippen LogP contribution in [0.15, 0.2) is 24.3 Å². The monoisotopic (exact) mass is 282 g/mol. The van der Waals surface area contributed by atoms with Crippen molar-refractivity contribution >= 4 is 10.8 Å². The molecule has 0 heterocycles. The second kappa shape index (κ2) is 7.53. The first-order valence-electron chi connectivity index (χ1n) is 6.93. The molecule has 1 aromatic rings. The van der Waals surface area contributed by atoms with Crippen LogP contribution in [0.2, 0.25) is 0 Å². The molecule has 0 amide bonds. The molecular formula is C15H22O3S. The van der Waals surface area contributed by atoms with E-state index in [-0.39, 0.29) is 0 Å². The Morgan fingerprint density at radius 1 is 1.26 bits per heavy atom. The van der Waals surface area contributed by atoms with Crippen molar-refractivity contribution in [3.63, 3.8) is 0 Å². The summed E-state index contributed by atoms with van der Waals surface area (Å²) in [6.07, 6.45) is 5.63. The Morgan fingerprint density at radius 3 is 2.74 bits per heavy atom. The van der Waals surface area contributed by atoms with E-state index in [1.807, 2.05) is 24.3 Å². The summed E-state index contributed by atoms with van der Waals surface area (Å²) >= 11 is 0. The molecule has 0 spiro atoms. The fraction of sp³-hybridized carbons (Fsp3) is 0.600. The van der Waals surface area contributed by atoms with Crippen LogP contribution in [-0.2, 0) is 10.8 Å². The molecule has 0 aliphatic heterocycles. The Labute approximate surface area is 117 Å². The maximum atomic E-state index is 12.0. The predicted octanol–water partition coefficient (Wildman–Crippen LogP) is 3.16. The quantitative estimate of drug-likeness (QED) is 0.721. The zero-order valence-corrected chi connectivity index (χ0v) is 12.3. The van der Waals surface area contributed by atoms with Crippen LogP contribution < -0.4 is 9.47 Å². The van der Waals surface area contributed by atoms with E-state index < -0.39 is 10.8 Å². The predicted molar refractivity (Wildman–Crippen MR) is 78.4 cm³/mol. The van der Waals surface area contributed by atoms with E-state index in [0.29, 0.717) is 11.9 Å². The molecule has 106 valence electrons. The highest BCUT2D eigenvalue weighted by atomic mass is 32.2. The number of rotatable bonds is 7. The summed E-state index contributed by atoms with van der Waals surface area (Å²) in [4.78, 5) is 0. The third-order valence-electron chi connectivity index (χ3n) is 3.47. The van der Waals surface area contributed by atoms with Gasteiger partial charge in [-0.2, -0.15) is 0 Å². The lowest BCUT2D eigenvalue weighted by molar-refractivity contribution is 0.315. The average Bonchev–Trinajstić information content (AvgIpc) is 2.98. The molecular weight excluding hydrogens is 260 g/mol. The first kappa shape index (κ1) is 14.4. The van der Waals surface area contributed by atoms with Crippen molar-refractivity contribution in [1.29, 1.82) is 0 Å². The molecule has 0 aromatic heterocycles. The number of hydrogen-bond acceptors (Lipinski definition) is 3. The molecule has 0 bridgehead atoms. The van der Waals surface area contributed by atoms with Crippen molar-refractivity contribution in [1.82, 2.24) is 0 Å². The van der Waals surface area contributed by atoms with Gasteiger partial charge in [-0.25, -0.2) is 0 Å². The van der Waals surface area contributed by atoms with Crippen LogP contribution in [0.3, 0.4) is 0 Å². The molecule has 19 heavy (non-hydrogen) atoms. The van der Waals surface area contributed by atoms with Gasteiger partial charge in [-0.3, -0.25) is 4.21 Å². The number of methoxy groups -OCH3 is 1. The first-order valence-corrected chi connectivity index (χ1v) is 8.32. The molecule has 1 unspecified atom stereocenters. The van der Waals surface area contributed by atoms with E-state index in [1.165, 1.54) is 12.8 Å². The van der Waals surface area contributed by atoms with Gasteiger partial charge in [0.05, 0.1) is 13.7 Å². The van der Waals surface area contributed by atoms with Crippen molar-refractivity contribution in [3.8, 4) is 11.5 Å². The summed E-state index contributed by atoms with van der Waals surface area (Å²) in [5, 5.41) is 0.441. The van der Waals surface area contributed by atoms with Crippen LogP contribution in [-0.4, -0.2) is 28.9 Å². The van der Waals surface area contributed by atoms with Gasteiger partial charge in [0.15, 0.2) is 0 Å². The van der Waals surface area contributed by atoms with Gasteiger partial charge in [0.2, 0.25) is 0 Å². The van der Waals surface area contributed by atoms with Crippen molar-refractivity contribution in [2.75, 3.05) is 19.5 Å². The van der Waals surface area contributed by atoms with Gasteiger partial charge in [-0.15, -0.1) is 0 Å². The first-order chi connectivity index (χ1) is 9.29. The molecule has 0 N–H and O–H groups in total. The van der Waals surface area contributed by atoms with E-state index >= 15 is 0 Å². The molecule has 1 aliphatic rings. The SMILES string of the molecule is COc1cccc(OCCCS(=O)C2CCCC2)c1. The Morgan fingerprint density at radius 2 is 2.00 bits per heavy atom. The van der Waals surface area contributed by atoms with E-state index in [1.54, 1.807) is 7.11 Å². The summed E-state index contributed by atoms with van der Waals surface area (Å²) in [7, 11) is 0.979. The third kappa shape index (κ3) is 4.53. The number of benzene rings is 1. The highest BCUT2D eigenvalue weighted by molar-refractivity contribution is 7.85.